The molecule has 0 aliphatic carbocycles. The van der Waals surface area contributed by atoms with Crippen molar-refractivity contribution in [2.24, 2.45) is 0 Å². The van der Waals surface area contributed by atoms with Gasteiger partial charge in [0.15, 0.2) is 6.10 Å². The number of unbranched alkanes of at least 4 members (excludes halogenated alkanes) is 26. The molecule has 0 fully saturated rings. The summed E-state index contributed by atoms with van der Waals surface area (Å²) in [6, 6.07) is 0. The summed E-state index contributed by atoms with van der Waals surface area (Å²) in [5, 5.41) is 0. The van der Waals surface area contributed by atoms with Gasteiger partial charge in [0.1, 0.15) is 13.2 Å². The predicted octanol–water partition coefficient (Wildman–Crippen LogP) is 19.2. The van der Waals surface area contributed by atoms with Crippen LogP contribution < -0.4 is 0 Å². The van der Waals surface area contributed by atoms with Gasteiger partial charge in [-0.15, -0.1) is 0 Å². The van der Waals surface area contributed by atoms with Crippen LogP contribution in [0.3, 0.4) is 0 Å². The SMILES string of the molecule is CC/C=C\C/C=C\C/C=C\C/C=C\CCCCC(=O)OCC(COC(=O)CCCCCCCCC/C=C\C/C=C\CCCCCC)OC(=O)CCCCCCCCC/C=C\CCCCCCCC. The second kappa shape index (κ2) is 56.2. The highest BCUT2D eigenvalue weighted by molar-refractivity contribution is 5.71. The number of allylic oxidation sites excluding steroid dienone is 14. The molecule has 0 aromatic rings. The summed E-state index contributed by atoms with van der Waals surface area (Å²) in [6.45, 7) is 6.47. The Hall–Kier alpha value is -3.41. The highest BCUT2D eigenvalue weighted by Crippen LogP contribution is 2.14. The Morgan fingerprint density at radius 2 is 0.574 bits per heavy atom. The molecule has 1 atom stereocenters. The Morgan fingerprint density at radius 1 is 0.309 bits per heavy atom. The van der Waals surface area contributed by atoms with E-state index in [0.29, 0.717) is 19.3 Å². The van der Waals surface area contributed by atoms with Crippen molar-refractivity contribution in [3.05, 3.63) is 85.1 Å². The van der Waals surface area contributed by atoms with E-state index in [0.717, 1.165) is 96.3 Å². The second-order valence-electron chi connectivity index (χ2n) is 18.8. The monoisotopic (exact) mass is 947 g/mol. The number of ether oxygens (including phenoxy) is 3. The number of rotatable bonds is 51. The van der Waals surface area contributed by atoms with Crippen LogP contribution in [0.15, 0.2) is 85.1 Å². The fourth-order valence-electron chi connectivity index (χ4n) is 7.81. The van der Waals surface area contributed by atoms with E-state index in [1.807, 2.05) is 0 Å². The Morgan fingerprint density at radius 3 is 0.956 bits per heavy atom. The fraction of sp³-hybridized carbons (Fsp3) is 0.726. The van der Waals surface area contributed by atoms with Gasteiger partial charge in [-0.3, -0.25) is 14.4 Å². The number of hydrogen-bond donors (Lipinski definition) is 0. The Balaban J connectivity index is 4.45. The lowest BCUT2D eigenvalue weighted by molar-refractivity contribution is -0.167. The van der Waals surface area contributed by atoms with Gasteiger partial charge in [-0.25, -0.2) is 0 Å². The first-order valence-corrected chi connectivity index (χ1v) is 28.6. The predicted molar refractivity (Wildman–Crippen MR) is 293 cm³/mol. The van der Waals surface area contributed by atoms with Gasteiger partial charge in [0.25, 0.3) is 0 Å². The van der Waals surface area contributed by atoms with E-state index in [-0.39, 0.29) is 31.1 Å². The van der Waals surface area contributed by atoms with E-state index in [1.165, 1.54) is 135 Å². The molecule has 6 heteroatoms. The maximum atomic E-state index is 12.9. The molecule has 0 bridgehead atoms. The summed E-state index contributed by atoms with van der Waals surface area (Å²) in [5.41, 5.74) is 0. The largest absolute Gasteiger partial charge is 0.462 e. The van der Waals surface area contributed by atoms with E-state index < -0.39 is 6.10 Å². The van der Waals surface area contributed by atoms with Crippen molar-refractivity contribution < 1.29 is 28.6 Å². The smallest absolute Gasteiger partial charge is 0.306 e. The van der Waals surface area contributed by atoms with Crippen molar-refractivity contribution in [2.45, 2.75) is 277 Å². The molecular weight excluding hydrogens is 841 g/mol. The lowest BCUT2D eigenvalue weighted by Crippen LogP contribution is -2.30. The van der Waals surface area contributed by atoms with Crippen molar-refractivity contribution in [1.82, 2.24) is 0 Å². The van der Waals surface area contributed by atoms with Crippen molar-refractivity contribution >= 4 is 17.9 Å². The molecule has 0 aliphatic heterocycles. The van der Waals surface area contributed by atoms with E-state index in [1.54, 1.807) is 0 Å². The molecule has 0 saturated carbocycles. The van der Waals surface area contributed by atoms with Crippen molar-refractivity contribution in [1.29, 1.82) is 0 Å². The highest BCUT2D eigenvalue weighted by Gasteiger charge is 2.19. The first-order valence-electron chi connectivity index (χ1n) is 28.6. The molecule has 0 rings (SSSR count). The Bertz CT molecular complexity index is 1320. The van der Waals surface area contributed by atoms with E-state index in [2.05, 4.69) is 106 Å². The first-order chi connectivity index (χ1) is 33.5. The van der Waals surface area contributed by atoms with Crippen LogP contribution in [0.25, 0.3) is 0 Å². The number of esters is 3. The van der Waals surface area contributed by atoms with E-state index in [9.17, 15) is 14.4 Å². The molecule has 0 heterocycles. The maximum absolute atomic E-state index is 12.9. The summed E-state index contributed by atoms with van der Waals surface area (Å²) < 4.78 is 16.8. The summed E-state index contributed by atoms with van der Waals surface area (Å²) in [6.07, 6.45) is 72.8. The van der Waals surface area contributed by atoms with Crippen LogP contribution in [0, 0.1) is 0 Å². The van der Waals surface area contributed by atoms with Gasteiger partial charge in [0, 0.05) is 19.3 Å². The van der Waals surface area contributed by atoms with E-state index in [4.69, 9.17) is 14.2 Å². The molecule has 0 aromatic carbocycles. The zero-order chi connectivity index (χ0) is 49.3. The first kappa shape index (κ1) is 64.6. The summed E-state index contributed by atoms with van der Waals surface area (Å²) >= 11 is 0. The molecular formula is C62H106O6. The van der Waals surface area contributed by atoms with Crippen molar-refractivity contribution in [3.8, 4) is 0 Å². The second-order valence-corrected chi connectivity index (χ2v) is 18.8. The Kier molecular flexibility index (Phi) is 53.4. The minimum Gasteiger partial charge on any atom is -0.462 e. The van der Waals surface area contributed by atoms with Crippen molar-refractivity contribution in [2.75, 3.05) is 13.2 Å². The van der Waals surface area contributed by atoms with Gasteiger partial charge in [-0.05, 0) is 116 Å². The average molecular weight is 948 g/mol. The van der Waals surface area contributed by atoms with Gasteiger partial charge in [0.2, 0.25) is 0 Å². The van der Waals surface area contributed by atoms with Crippen LogP contribution in [-0.2, 0) is 28.6 Å². The third-order valence-corrected chi connectivity index (χ3v) is 12.1. The zero-order valence-corrected chi connectivity index (χ0v) is 44.6. The van der Waals surface area contributed by atoms with Gasteiger partial charge in [-0.2, -0.15) is 0 Å². The third-order valence-electron chi connectivity index (χ3n) is 12.1. The summed E-state index contributed by atoms with van der Waals surface area (Å²) in [7, 11) is 0. The Labute approximate surface area is 420 Å². The van der Waals surface area contributed by atoms with Crippen LogP contribution in [0.5, 0.6) is 0 Å². The highest BCUT2D eigenvalue weighted by atomic mass is 16.6. The quantitative estimate of drug-likeness (QED) is 0.0262. The maximum Gasteiger partial charge on any atom is 0.306 e. The molecule has 6 nitrogen and oxygen atoms in total. The van der Waals surface area contributed by atoms with Crippen LogP contribution in [0.2, 0.25) is 0 Å². The van der Waals surface area contributed by atoms with Crippen LogP contribution in [0.1, 0.15) is 271 Å². The number of hydrogen-bond acceptors (Lipinski definition) is 6. The average Bonchev–Trinajstić information content (AvgIpc) is 3.34. The fourth-order valence-corrected chi connectivity index (χ4v) is 7.81. The van der Waals surface area contributed by atoms with Crippen LogP contribution in [0.4, 0.5) is 0 Å². The van der Waals surface area contributed by atoms with Crippen LogP contribution in [-0.4, -0.2) is 37.2 Å². The lowest BCUT2D eigenvalue weighted by atomic mass is 10.1. The molecule has 0 radical (unpaired) electrons. The molecule has 0 spiro atoms. The lowest BCUT2D eigenvalue weighted by Gasteiger charge is -2.18. The van der Waals surface area contributed by atoms with Gasteiger partial charge < -0.3 is 14.2 Å². The molecule has 1 unspecified atom stereocenters. The number of carbonyl (C=O) groups excluding carboxylic acids is 3. The molecule has 0 amide bonds. The minimum atomic E-state index is -0.800. The molecule has 68 heavy (non-hydrogen) atoms. The van der Waals surface area contributed by atoms with E-state index >= 15 is 0 Å². The zero-order valence-electron chi connectivity index (χ0n) is 44.6. The van der Waals surface area contributed by atoms with Gasteiger partial charge in [-0.1, -0.05) is 221 Å². The summed E-state index contributed by atoms with van der Waals surface area (Å²) in [4.78, 5) is 38.1. The van der Waals surface area contributed by atoms with Gasteiger partial charge >= 0.3 is 17.9 Å². The third kappa shape index (κ3) is 53.5. The molecule has 0 aromatic heterocycles. The molecule has 390 valence electrons. The standard InChI is InChI=1S/C62H106O6/c1-4-7-10-13-16-19-22-25-28-30-32-34-37-40-43-46-49-52-55-61(64)67-58-59(57-66-60(63)54-51-48-45-42-39-36-33-27-24-21-18-15-12-9-6-3)68-62(65)56-53-50-47-44-41-38-35-31-29-26-23-20-17-14-11-8-5-2/h9,12,18-19,21-22,26-30,33,39,42,59H,4-8,10-11,13-17,20,23-25,31-32,34-38,40-41,43-58H2,1-3H3/b12-9-,21-18-,22-19-,29-26-,30-28-,33-27-,42-39-. The topological polar surface area (TPSA) is 78.9 Å². The van der Waals surface area contributed by atoms with Crippen molar-refractivity contribution in [3.63, 3.8) is 0 Å². The normalized spacial score (nSPS) is 12.7. The number of carbonyl (C=O) groups is 3. The molecule has 0 N–H and O–H groups in total. The summed E-state index contributed by atoms with van der Waals surface area (Å²) in [5.74, 6) is -0.945. The van der Waals surface area contributed by atoms with Crippen LogP contribution >= 0.6 is 0 Å². The van der Waals surface area contributed by atoms with Gasteiger partial charge in [0.05, 0.1) is 0 Å². The molecule has 0 saturated heterocycles. The minimum absolute atomic E-state index is 0.0955. The molecule has 0 aliphatic rings.